The van der Waals surface area contributed by atoms with Crippen molar-refractivity contribution in [2.45, 2.75) is 25.5 Å². The van der Waals surface area contributed by atoms with Crippen LogP contribution in [0.5, 0.6) is 0 Å². The number of aromatic nitrogens is 3. The normalized spacial score (nSPS) is 24.0. The van der Waals surface area contributed by atoms with Crippen molar-refractivity contribution in [2.24, 2.45) is 7.05 Å². The first-order chi connectivity index (χ1) is 6.75. The molecular weight excluding hydrogens is 180 g/mol. The second-order valence-electron chi connectivity index (χ2n) is 3.89. The Labute approximate surface area is 83.4 Å². The molecule has 5 nitrogen and oxygen atoms in total. The van der Waals surface area contributed by atoms with Gasteiger partial charge in [0.1, 0.15) is 12.2 Å². The fourth-order valence-corrected chi connectivity index (χ4v) is 1.83. The number of hydrogen-bond donors (Lipinski definition) is 1. The van der Waals surface area contributed by atoms with Crippen molar-refractivity contribution >= 4 is 0 Å². The molecule has 0 spiro atoms. The number of β-amino-alcohol motifs (C(OH)–C–C–N with tert-alkyl or cyclic N) is 1. The van der Waals surface area contributed by atoms with Crippen molar-refractivity contribution in [3.63, 3.8) is 0 Å². The predicted molar refractivity (Wildman–Crippen MR) is 51.5 cm³/mol. The number of aryl methyl sites for hydroxylation is 1. The van der Waals surface area contributed by atoms with Gasteiger partial charge in [0.25, 0.3) is 0 Å². The van der Waals surface area contributed by atoms with Crippen LogP contribution in [-0.4, -0.2) is 44.0 Å². The molecule has 1 fully saturated rings. The summed E-state index contributed by atoms with van der Waals surface area (Å²) in [6.45, 7) is 2.59. The molecule has 14 heavy (non-hydrogen) atoms. The molecule has 5 heteroatoms. The highest BCUT2D eigenvalue weighted by Crippen LogP contribution is 2.11. The summed E-state index contributed by atoms with van der Waals surface area (Å²) in [6.07, 6.45) is 3.53. The second-order valence-corrected chi connectivity index (χ2v) is 3.89. The van der Waals surface area contributed by atoms with E-state index < -0.39 is 0 Å². The zero-order valence-electron chi connectivity index (χ0n) is 8.43. The number of nitrogens with zero attached hydrogens (tertiary/aromatic N) is 4. The molecule has 2 heterocycles. The average Bonchev–Trinajstić information content (AvgIpc) is 2.52. The van der Waals surface area contributed by atoms with E-state index in [2.05, 4.69) is 15.1 Å². The van der Waals surface area contributed by atoms with Crippen LogP contribution in [0.3, 0.4) is 0 Å². The van der Waals surface area contributed by atoms with E-state index in [9.17, 15) is 5.11 Å². The number of aliphatic hydroxyl groups excluding tert-OH is 1. The van der Waals surface area contributed by atoms with E-state index in [-0.39, 0.29) is 6.10 Å². The van der Waals surface area contributed by atoms with Crippen LogP contribution in [0.4, 0.5) is 0 Å². The molecule has 78 valence electrons. The smallest absolute Gasteiger partial charge is 0.146 e. The van der Waals surface area contributed by atoms with Crippen LogP contribution < -0.4 is 0 Å². The van der Waals surface area contributed by atoms with Crippen molar-refractivity contribution < 1.29 is 5.11 Å². The molecular formula is C9H16N4O. The summed E-state index contributed by atoms with van der Waals surface area (Å²) in [5.41, 5.74) is 0. The molecule has 0 aliphatic carbocycles. The molecule has 0 saturated carbocycles. The van der Waals surface area contributed by atoms with Crippen LogP contribution in [0.1, 0.15) is 18.7 Å². The molecule has 1 aliphatic heterocycles. The van der Waals surface area contributed by atoms with Crippen molar-refractivity contribution in [1.29, 1.82) is 0 Å². The van der Waals surface area contributed by atoms with Gasteiger partial charge >= 0.3 is 0 Å². The molecule has 0 radical (unpaired) electrons. The number of rotatable bonds is 2. The summed E-state index contributed by atoms with van der Waals surface area (Å²) in [5.74, 6) is 0.958. The lowest BCUT2D eigenvalue weighted by Gasteiger charge is -2.29. The van der Waals surface area contributed by atoms with E-state index >= 15 is 0 Å². The minimum atomic E-state index is -0.169. The van der Waals surface area contributed by atoms with Crippen LogP contribution >= 0.6 is 0 Å². The van der Waals surface area contributed by atoms with E-state index in [0.29, 0.717) is 0 Å². The maximum absolute atomic E-state index is 9.49. The Morgan fingerprint density at radius 2 is 2.50 bits per heavy atom. The van der Waals surface area contributed by atoms with Gasteiger partial charge in [-0.2, -0.15) is 0 Å². The Bertz CT molecular complexity index is 299. The Balaban J connectivity index is 1.94. The van der Waals surface area contributed by atoms with Gasteiger partial charge in [-0.15, -0.1) is 10.2 Å². The Morgan fingerprint density at radius 3 is 3.14 bits per heavy atom. The zero-order chi connectivity index (χ0) is 9.97. The highest BCUT2D eigenvalue weighted by molar-refractivity contribution is 4.85. The standard InChI is InChI=1S/C9H16N4O/c1-12-7-10-11-9(12)6-13-4-2-3-8(14)5-13/h7-8,14H,2-6H2,1H3/t8-/m1/s1. The van der Waals surface area contributed by atoms with Crippen LogP contribution in [0.25, 0.3) is 0 Å². The van der Waals surface area contributed by atoms with E-state index in [1.165, 1.54) is 0 Å². The SMILES string of the molecule is Cn1cnnc1CN1CCC[C@@H](O)C1. The topological polar surface area (TPSA) is 54.2 Å². The van der Waals surface area contributed by atoms with Gasteiger partial charge in [-0.1, -0.05) is 0 Å². The molecule has 0 unspecified atom stereocenters. The molecule has 0 bridgehead atoms. The molecule has 1 saturated heterocycles. The Morgan fingerprint density at radius 1 is 1.64 bits per heavy atom. The highest BCUT2D eigenvalue weighted by atomic mass is 16.3. The first kappa shape index (κ1) is 9.61. The van der Waals surface area contributed by atoms with Crippen molar-refractivity contribution in [3.05, 3.63) is 12.2 Å². The third-order valence-corrected chi connectivity index (χ3v) is 2.65. The summed E-state index contributed by atoms with van der Waals surface area (Å²) >= 11 is 0. The third-order valence-electron chi connectivity index (χ3n) is 2.65. The first-order valence-electron chi connectivity index (χ1n) is 4.99. The second kappa shape index (κ2) is 4.06. The maximum atomic E-state index is 9.49. The molecule has 1 aromatic heterocycles. The molecule has 1 N–H and O–H groups in total. The van der Waals surface area contributed by atoms with Gasteiger partial charge in [0.15, 0.2) is 0 Å². The molecule has 1 aromatic rings. The van der Waals surface area contributed by atoms with Crippen LogP contribution in [-0.2, 0) is 13.6 Å². The fourth-order valence-electron chi connectivity index (χ4n) is 1.83. The predicted octanol–water partition coefficient (Wildman–Crippen LogP) is -0.228. The van der Waals surface area contributed by atoms with Gasteiger partial charge < -0.3 is 9.67 Å². The summed E-state index contributed by atoms with van der Waals surface area (Å²) in [4.78, 5) is 2.22. The van der Waals surface area contributed by atoms with E-state index in [4.69, 9.17) is 0 Å². The molecule has 0 amide bonds. The first-order valence-corrected chi connectivity index (χ1v) is 4.99. The molecule has 1 aliphatic rings. The summed E-state index contributed by atoms with van der Waals surface area (Å²) in [5, 5.41) is 17.3. The number of aliphatic hydroxyl groups is 1. The van der Waals surface area contributed by atoms with Gasteiger partial charge in [-0.3, -0.25) is 4.90 Å². The van der Waals surface area contributed by atoms with Crippen LogP contribution in [0.15, 0.2) is 6.33 Å². The lowest BCUT2D eigenvalue weighted by molar-refractivity contribution is 0.0650. The lowest BCUT2D eigenvalue weighted by Crippen LogP contribution is -2.38. The van der Waals surface area contributed by atoms with Crippen LogP contribution in [0, 0.1) is 0 Å². The summed E-state index contributed by atoms with van der Waals surface area (Å²) in [7, 11) is 1.94. The Kier molecular flexibility index (Phi) is 2.79. The molecule has 0 aromatic carbocycles. The van der Waals surface area contributed by atoms with Crippen molar-refractivity contribution in [1.82, 2.24) is 19.7 Å². The fraction of sp³-hybridized carbons (Fsp3) is 0.778. The third kappa shape index (κ3) is 2.10. The summed E-state index contributed by atoms with van der Waals surface area (Å²) in [6, 6.07) is 0. The molecule has 1 atom stereocenters. The zero-order valence-corrected chi connectivity index (χ0v) is 8.43. The van der Waals surface area contributed by atoms with Gasteiger partial charge in [0, 0.05) is 13.6 Å². The Hall–Kier alpha value is -0.940. The van der Waals surface area contributed by atoms with Crippen molar-refractivity contribution in [3.8, 4) is 0 Å². The van der Waals surface area contributed by atoms with Gasteiger partial charge in [-0.25, -0.2) is 0 Å². The lowest BCUT2D eigenvalue weighted by atomic mass is 10.1. The van der Waals surface area contributed by atoms with Gasteiger partial charge in [0.2, 0.25) is 0 Å². The monoisotopic (exact) mass is 196 g/mol. The maximum Gasteiger partial charge on any atom is 0.146 e. The number of piperidine rings is 1. The average molecular weight is 196 g/mol. The summed E-state index contributed by atoms with van der Waals surface area (Å²) < 4.78 is 1.92. The molecule has 2 rings (SSSR count). The highest BCUT2D eigenvalue weighted by Gasteiger charge is 2.18. The van der Waals surface area contributed by atoms with E-state index in [0.717, 1.165) is 38.3 Å². The minimum absolute atomic E-state index is 0.169. The van der Waals surface area contributed by atoms with E-state index in [1.54, 1.807) is 6.33 Å². The van der Waals surface area contributed by atoms with E-state index in [1.807, 2.05) is 11.6 Å². The van der Waals surface area contributed by atoms with Gasteiger partial charge in [-0.05, 0) is 19.4 Å². The van der Waals surface area contributed by atoms with Gasteiger partial charge in [0.05, 0.1) is 12.6 Å². The van der Waals surface area contributed by atoms with Crippen LogP contribution in [0.2, 0.25) is 0 Å². The largest absolute Gasteiger partial charge is 0.392 e. The number of likely N-dealkylation sites (tertiary alicyclic amines) is 1. The quantitative estimate of drug-likeness (QED) is 0.710. The minimum Gasteiger partial charge on any atom is -0.392 e. The number of hydrogen-bond acceptors (Lipinski definition) is 4. The van der Waals surface area contributed by atoms with Crippen molar-refractivity contribution in [2.75, 3.05) is 13.1 Å².